The van der Waals surface area contributed by atoms with Crippen molar-refractivity contribution in [3.8, 4) is 5.75 Å². The Morgan fingerprint density at radius 2 is 1.75 bits per heavy atom. The third-order valence-electron chi connectivity index (χ3n) is 7.16. The predicted octanol–water partition coefficient (Wildman–Crippen LogP) is 5.84. The Morgan fingerprint density at radius 1 is 1.09 bits per heavy atom. The van der Waals surface area contributed by atoms with E-state index in [1.54, 1.807) is 6.92 Å². The lowest BCUT2D eigenvalue weighted by molar-refractivity contribution is -0.163. The van der Waals surface area contributed by atoms with Gasteiger partial charge in [-0.3, -0.25) is 4.79 Å². The monoisotopic (exact) mass is 454 g/mol. The van der Waals surface area contributed by atoms with Gasteiger partial charge < -0.3 is 9.47 Å². The fourth-order valence-corrected chi connectivity index (χ4v) is 5.63. The quantitative estimate of drug-likeness (QED) is 0.432. The number of esters is 1. The van der Waals surface area contributed by atoms with Crippen LogP contribution < -0.4 is 4.74 Å². The summed E-state index contributed by atoms with van der Waals surface area (Å²) in [5.41, 5.74) is -2.27. The molecule has 0 N–H and O–H groups in total. The molecule has 172 valence electrons. The summed E-state index contributed by atoms with van der Waals surface area (Å²) in [7, 11) is 1.28. The molecule has 0 aromatic heterocycles. The average Bonchev–Trinajstić information content (AvgIpc) is 2.75. The van der Waals surface area contributed by atoms with E-state index in [1.807, 2.05) is 0 Å². The van der Waals surface area contributed by atoms with Crippen molar-refractivity contribution in [3.05, 3.63) is 64.7 Å². The van der Waals surface area contributed by atoms with Crippen molar-refractivity contribution in [2.45, 2.75) is 44.2 Å². The molecule has 2 aromatic rings. The summed E-state index contributed by atoms with van der Waals surface area (Å²) in [4.78, 5) is 12.8. The van der Waals surface area contributed by atoms with E-state index in [0.717, 1.165) is 24.3 Å². The first-order valence-corrected chi connectivity index (χ1v) is 10.4. The smallest absolute Gasteiger partial charge is 0.416 e. The van der Waals surface area contributed by atoms with E-state index in [4.69, 9.17) is 9.47 Å². The van der Waals surface area contributed by atoms with Crippen LogP contribution in [0.15, 0.2) is 36.4 Å². The number of benzene rings is 2. The highest BCUT2D eigenvalue weighted by molar-refractivity contribution is 5.77. The summed E-state index contributed by atoms with van der Waals surface area (Å²) >= 11 is 0. The van der Waals surface area contributed by atoms with Crippen LogP contribution in [0.5, 0.6) is 5.75 Å². The van der Waals surface area contributed by atoms with Gasteiger partial charge in [-0.2, -0.15) is 13.2 Å². The Balaban J connectivity index is 1.87. The van der Waals surface area contributed by atoms with E-state index in [-0.39, 0.29) is 24.3 Å². The van der Waals surface area contributed by atoms with Gasteiger partial charge in [-0.05, 0) is 56.0 Å². The minimum Gasteiger partial charge on any atom is -0.490 e. The maximum Gasteiger partial charge on any atom is 0.416 e. The maximum absolute atomic E-state index is 15.2. The minimum absolute atomic E-state index is 0.0282. The Morgan fingerprint density at radius 3 is 2.38 bits per heavy atom. The molecule has 0 bridgehead atoms. The van der Waals surface area contributed by atoms with Crippen LogP contribution in [0.1, 0.15) is 42.9 Å². The van der Waals surface area contributed by atoms with Crippen molar-refractivity contribution in [1.29, 1.82) is 0 Å². The first-order chi connectivity index (χ1) is 15.0. The van der Waals surface area contributed by atoms with Crippen molar-refractivity contribution < 1.29 is 36.2 Å². The van der Waals surface area contributed by atoms with Crippen LogP contribution in [0.4, 0.5) is 22.0 Å². The largest absolute Gasteiger partial charge is 0.490 e. The summed E-state index contributed by atoms with van der Waals surface area (Å²) in [6.45, 7) is 1.70. The number of fused-ring (bicyclic) bond motifs is 3. The fourth-order valence-electron chi connectivity index (χ4n) is 5.63. The van der Waals surface area contributed by atoms with Gasteiger partial charge in [0.2, 0.25) is 0 Å². The average molecular weight is 454 g/mol. The molecule has 1 heterocycles. The molecule has 0 spiro atoms. The zero-order chi connectivity index (χ0) is 23.3. The number of carbonyl (C=O) groups excluding carboxylic acids is 1. The minimum atomic E-state index is -4.48. The van der Waals surface area contributed by atoms with E-state index < -0.39 is 46.1 Å². The van der Waals surface area contributed by atoms with Gasteiger partial charge in [0.05, 0.1) is 24.7 Å². The summed E-state index contributed by atoms with van der Waals surface area (Å²) < 4.78 is 79.6. The van der Waals surface area contributed by atoms with Crippen molar-refractivity contribution in [2.24, 2.45) is 11.3 Å². The molecule has 0 saturated heterocycles. The first-order valence-electron chi connectivity index (χ1n) is 10.4. The van der Waals surface area contributed by atoms with Crippen molar-refractivity contribution >= 4 is 5.97 Å². The highest BCUT2D eigenvalue weighted by atomic mass is 19.4. The Kier molecular flexibility index (Phi) is 5.46. The number of ether oxygens (including phenoxy) is 2. The van der Waals surface area contributed by atoms with E-state index >= 15 is 4.39 Å². The lowest BCUT2D eigenvalue weighted by Crippen LogP contribution is -2.57. The Labute approximate surface area is 182 Å². The number of rotatable bonds is 3. The Bertz CT molecular complexity index is 1030. The van der Waals surface area contributed by atoms with E-state index in [2.05, 4.69) is 0 Å². The van der Waals surface area contributed by atoms with E-state index in [9.17, 15) is 22.4 Å². The molecular weight excluding hydrogens is 431 g/mol. The number of alkyl halides is 3. The Hall–Kier alpha value is -2.64. The number of hydrogen-bond acceptors (Lipinski definition) is 3. The molecule has 0 amide bonds. The number of hydrogen-bond donors (Lipinski definition) is 0. The highest BCUT2D eigenvalue weighted by Crippen LogP contribution is 2.59. The first kappa shape index (κ1) is 22.6. The molecule has 0 radical (unpaired) electrons. The zero-order valence-electron chi connectivity index (χ0n) is 17.7. The molecule has 3 atom stereocenters. The molecule has 0 unspecified atom stereocenters. The molecular formula is C24H23F5O3. The molecule has 2 aromatic carbocycles. The summed E-state index contributed by atoms with van der Waals surface area (Å²) in [6, 6.07) is 6.67. The lowest BCUT2D eigenvalue weighted by Gasteiger charge is -2.54. The molecule has 1 saturated carbocycles. The van der Waals surface area contributed by atoms with Crippen molar-refractivity contribution in [1.82, 2.24) is 0 Å². The fraction of sp³-hybridized carbons (Fsp3) is 0.458. The van der Waals surface area contributed by atoms with Crippen LogP contribution in [0.2, 0.25) is 0 Å². The third-order valence-corrected chi connectivity index (χ3v) is 7.16. The zero-order valence-corrected chi connectivity index (χ0v) is 17.7. The van der Waals surface area contributed by atoms with E-state index in [1.165, 1.54) is 19.2 Å². The SMILES string of the molecule is COC(=O)[C@@]1(C)CCC[C@@]2(Cc3ccc(C(F)(F)F)cc3)c3c(F)ccc(F)c3OC[C@H]21. The summed E-state index contributed by atoms with van der Waals surface area (Å²) in [6.07, 6.45) is -2.89. The van der Waals surface area contributed by atoms with E-state index in [0.29, 0.717) is 24.8 Å². The second-order valence-electron chi connectivity index (χ2n) is 8.89. The van der Waals surface area contributed by atoms with Gasteiger partial charge in [0.25, 0.3) is 0 Å². The van der Waals surface area contributed by atoms with Crippen LogP contribution in [0, 0.1) is 23.0 Å². The second-order valence-corrected chi connectivity index (χ2v) is 8.89. The lowest BCUT2D eigenvalue weighted by atomic mass is 9.50. The summed E-state index contributed by atoms with van der Waals surface area (Å²) in [5, 5.41) is 0. The molecule has 1 aliphatic carbocycles. The van der Waals surface area contributed by atoms with Gasteiger partial charge in [0, 0.05) is 16.9 Å². The van der Waals surface area contributed by atoms with Gasteiger partial charge in [0.1, 0.15) is 5.82 Å². The van der Waals surface area contributed by atoms with Crippen LogP contribution >= 0.6 is 0 Å². The third kappa shape index (κ3) is 3.44. The molecule has 4 rings (SSSR count). The van der Waals surface area contributed by atoms with Crippen molar-refractivity contribution in [3.63, 3.8) is 0 Å². The van der Waals surface area contributed by atoms with Crippen molar-refractivity contribution in [2.75, 3.05) is 13.7 Å². The van der Waals surface area contributed by atoms with Gasteiger partial charge in [-0.15, -0.1) is 0 Å². The van der Waals surface area contributed by atoms with Gasteiger partial charge in [-0.1, -0.05) is 18.6 Å². The molecule has 8 heteroatoms. The normalized spacial score (nSPS) is 27.2. The molecule has 32 heavy (non-hydrogen) atoms. The van der Waals surface area contributed by atoms with Gasteiger partial charge >= 0.3 is 12.1 Å². The summed E-state index contributed by atoms with van der Waals surface area (Å²) in [5.74, 6) is -2.59. The predicted molar refractivity (Wildman–Crippen MR) is 106 cm³/mol. The molecule has 3 nitrogen and oxygen atoms in total. The standard InChI is InChI=1S/C24H23F5O3/c1-22(21(30)31-2)10-3-11-23(12-14-4-6-15(7-5-14)24(27,28)29)18(22)13-32-20-17(26)9-8-16(25)19(20)23/h4-9,18H,3,10-13H2,1-2H3/t18-,22-,23-/m0/s1. The van der Waals surface area contributed by atoms with Crippen LogP contribution in [0.3, 0.4) is 0 Å². The number of carbonyl (C=O) groups is 1. The number of halogens is 5. The second kappa shape index (κ2) is 7.74. The maximum atomic E-state index is 15.2. The van der Waals surface area contributed by atoms with Gasteiger partial charge in [0.15, 0.2) is 11.6 Å². The molecule has 1 aliphatic heterocycles. The topological polar surface area (TPSA) is 35.5 Å². The van der Waals surface area contributed by atoms with Crippen LogP contribution in [0.25, 0.3) is 0 Å². The van der Waals surface area contributed by atoms with Crippen LogP contribution in [-0.2, 0) is 27.5 Å². The van der Waals surface area contributed by atoms with Crippen LogP contribution in [-0.4, -0.2) is 19.7 Å². The molecule has 2 aliphatic rings. The molecule has 1 fully saturated rings. The highest BCUT2D eigenvalue weighted by Gasteiger charge is 2.60. The van der Waals surface area contributed by atoms with Gasteiger partial charge in [-0.25, -0.2) is 8.78 Å². The number of methoxy groups -OCH3 is 1.